The van der Waals surface area contributed by atoms with Crippen molar-refractivity contribution in [1.82, 2.24) is 19.3 Å². The molecule has 2 aromatic carbocycles. The van der Waals surface area contributed by atoms with E-state index >= 15 is 0 Å². The number of hydrogen-bond acceptors (Lipinski definition) is 6. The number of anilines is 1. The van der Waals surface area contributed by atoms with Crippen LogP contribution in [0.2, 0.25) is 0 Å². The molecule has 0 unspecified atom stereocenters. The molecule has 9 nitrogen and oxygen atoms in total. The Morgan fingerprint density at radius 3 is 2.54 bits per heavy atom. The number of ether oxygens (including phenoxy) is 1. The molecule has 1 aromatic heterocycles. The molecule has 1 amide bonds. The lowest BCUT2D eigenvalue weighted by molar-refractivity contribution is -0.111. The Kier molecular flexibility index (Phi) is 7.94. The summed E-state index contributed by atoms with van der Waals surface area (Å²) < 4.78 is 34.9. The fraction of sp³-hybridized carbons (Fsp3) is 0.320. The molecule has 1 N–H and O–H groups in total. The van der Waals surface area contributed by atoms with E-state index in [1.807, 2.05) is 30.3 Å². The number of rotatable bonds is 8. The molecule has 2 heterocycles. The second-order valence-electron chi connectivity index (χ2n) is 8.33. The lowest BCUT2D eigenvalue weighted by atomic mass is 10.2. The second-order valence-corrected chi connectivity index (χ2v) is 10.3. The van der Waals surface area contributed by atoms with Gasteiger partial charge in [-0.25, -0.2) is 13.1 Å². The number of carbonyl (C=O) groups excluding carboxylic acids is 1. The van der Waals surface area contributed by atoms with Gasteiger partial charge in [-0.3, -0.25) is 4.79 Å². The summed E-state index contributed by atoms with van der Waals surface area (Å²) >= 11 is 0. The number of nitrogens with one attached hydrogen (secondary N) is 1. The van der Waals surface area contributed by atoms with Gasteiger partial charge in [0.05, 0.1) is 30.4 Å². The molecule has 4 rings (SSSR count). The zero-order chi connectivity index (χ0) is 24.7. The van der Waals surface area contributed by atoms with Gasteiger partial charge in [-0.1, -0.05) is 48.4 Å². The van der Waals surface area contributed by atoms with Crippen molar-refractivity contribution in [3.8, 4) is 5.75 Å². The molecule has 1 saturated heterocycles. The zero-order valence-electron chi connectivity index (χ0n) is 19.6. The summed E-state index contributed by atoms with van der Waals surface area (Å²) in [5, 5.41) is 10.9. The van der Waals surface area contributed by atoms with Gasteiger partial charge < -0.3 is 10.1 Å². The molecule has 1 aliphatic rings. The van der Waals surface area contributed by atoms with Crippen molar-refractivity contribution >= 4 is 27.7 Å². The second kappa shape index (κ2) is 11.3. The van der Waals surface area contributed by atoms with E-state index in [1.165, 1.54) is 29.6 Å². The van der Waals surface area contributed by atoms with Gasteiger partial charge in [0.2, 0.25) is 15.9 Å². The van der Waals surface area contributed by atoms with Crippen LogP contribution in [0.3, 0.4) is 0 Å². The maximum Gasteiger partial charge on any atom is 0.248 e. The van der Waals surface area contributed by atoms with Crippen LogP contribution in [-0.2, 0) is 21.4 Å². The Balaban J connectivity index is 1.45. The molecule has 184 valence electrons. The average Bonchev–Trinajstić information content (AvgIpc) is 3.12. The zero-order valence-corrected chi connectivity index (χ0v) is 20.4. The van der Waals surface area contributed by atoms with E-state index in [2.05, 4.69) is 15.6 Å². The number of hydrogen-bond donors (Lipinski definition) is 1. The fourth-order valence-corrected chi connectivity index (χ4v) is 5.49. The molecule has 1 aliphatic heterocycles. The molecule has 3 aromatic rings. The van der Waals surface area contributed by atoms with E-state index < -0.39 is 15.9 Å². The smallest absolute Gasteiger partial charge is 0.248 e. The summed E-state index contributed by atoms with van der Waals surface area (Å²) in [7, 11) is -2.19. The van der Waals surface area contributed by atoms with Crippen molar-refractivity contribution in [1.29, 1.82) is 0 Å². The quantitative estimate of drug-likeness (QED) is 0.479. The highest BCUT2D eigenvalue weighted by molar-refractivity contribution is 7.89. The fourth-order valence-electron chi connectivity index (χ4n) is 3.95. The lowest BCUT2D eigenvalue weighted by Gasteiger charge is -2.20. The largest absolute Gasteiger partial charge is 0.495 e. The van der Waals surface area contributed by atoms with Crippen LogP contribution in [0.1, 0.15) is 36.9 Å². The van der Waals surface area contributed by atoms with Gasteiger partial charge in [0.1, 0.15) is 11.4 Å². The standard InChI is InChI=1S/C25H29N5O4S/c1-34-24-13-12-22(35(32,33)30-15-7-2-3-8-16-30)17-23(24)26-25(31)14-11-21-19-29(28-27-21)18-20-9-5-4-6-10-20/h4-6,9-14,17,19H,2-3,7-8,15-16,18H2,1H3,(H,26,31)/b14-11+. The highest BCUT2D eigenvalue weighted by Crippen LogP contribution is 2.30. The Labute approximate surface area is 205 Å². The molecular weight excluding hydrogens is 466 g/mol. The van der Waals surface area contributed by atoms with Crippen molar-refractivity contribution in [3.05, 3.63) is 72.1 Å². The van der Waals surface area contributed by atoms with Crippen molar-refractivity contribution in [2.45, 2.75) is 37.1 Å². The normalized spacial score (nSPS) is 15.1. The van der Waals surface area contributed by atoms with Crippen LogP contribution in [0.25, 0.3) is 6.08 Å². The number of nitrogens with zero attached hydrogens (tertiary/aromatic N) is 4. The summed E-state index contributed by atoms with van der Waals surface area (Å²) in [6.07, 6.45) is 8.37. The van der Waals surface area contributed by atoms with Gasteiger partial charge >= 0.3 is 0 Å². The van der Waals surface area contributed by atoms with Crippen LogP contribution < -0.4 is 10.1 Å². The lowest BCUT2D eigenvalue weighted by Crippen LogP contribution is -2.32. The van der Waals surface area contributed by atoms with Crippen LogP contribution in [0.4, 0.5) is 5.69 Å². The van der Waals surface area contributed by atoms with E-state index in [0.717, 1.165) is 31.2 Å². The van der Waals surface area contributed by atoms with Crippen LogP contribution in [0.5, 0.6) is 5.75 Å². The third-order valence-corrected chi connectivity index (χ3v) is 7.68. The molecule has 0 spiro atoms. The first-order chi connectivity index (χ1) is 17.0. The average molecular weight is 496 g/mol. The van der Waals surface area contributed by atoms with Gasteiger partial charge in [-0.15, -0.1) is 5.10 Å². The Morgan fingerprint density at radius 1 is 1.09 bits per heavy atom. The van der Waals surface area contributed by atoms with E-state index in [9.17, 15) is 13.2 Å². The molecule has 0 saturated carbocycles. The van der Waals surface area contributed by atoms with Gasteiger partial charge in [-0.2, -0.15) is 4.31 Å². The first kappa shape index (κ1) is 24.6. The molecular formula is C25H29N5O4S. The SMILES string of the molecule is COc1ccc(S(=O)(=O)N2CCCCCC2)cc1NC(=O)/C=C/c1cn(Cc2ccccc2)nn1. The third kappa shape index (κ3) is 6.34. The Bertz CT molecular complexity index is 1280. The predicted molar refractivity (Wildman–Crippen MR) is 133 cm³/mol. The molecule has 0 atom stereocenters. The molecule has 0 aliphatic carbocycles. The number of benzene rings is 2. The minimum absolute atomic E-state index is 0.128. The summed E-state index contributed by atoms with van der Waals surface area (Å²) in [4.78, 5) is 12.7. The minimum Gasteiger partial charge on any atom is -0.495 e. The predicted octanol–water partition coefficient (Wildman–Crippen LogP) is 3.55. The monoisotopic (exact) mass is 495 g/mol. The first-order valence-electron chi connectivity index (χ1n) is 11.6. The molecule has 0 radical (unpaired) electrons. The highest BCUT2D eigenvalue weighted by Gasteiger charge is 2.26. The summed E-state index contributed by atoms with van der Waals surface area (Å²) in [6, 6.07) is 14.4. The number of carbonyl (C=O) groups is 1. The van der Waals surface area contributed by atoms with E-state index in [0.29, 0.717) is 31.1 Å². The van der Waals surface area contributed by atoms with Crippen LogP contribution in [0, 0.1) is 0 Å². The van der Waals surface area contributed by atoms with Gasteiger partial charge in [0, 0.05) is 19.2 Å². The van der Waals surface area contributed by atoms with Crippen molar-refractivity contribution in [3.63, 3.8) is 0 Å². The number of sulfonamides is 1. The molecule has 35 heavy (non-hydrogen) atoms. The van der Waals surface area contributed by atoms with Gasteiger partial charge in [0.25, 0.3) is 0 Å². The van der Waals surface area contributed by atoms with Crippen molar-refractivity contribution in [2.75, 3.05) is 25.5 Å². The van der Waals surface area contributed by atoms with Crippen molar-refractivity contribution in [2.24, 2.45) is 0 Å². The van der Waals surface area contributed by atoms with E-state index in [-0.39, 0.29) is 10.6 Å². The maximum absolute atomic E-state index is 13.2. The first-order valence-corrected chi connectivity index (χ1v) is 13.0. The Morgan fingerprint density at radius 2 is 1.83 bits per heavy atom. The molecule has 0 bridgehead atoms. The third-order valence-electron chi connectivity index (χ3n) is 5.78. The van der Waals surface area contributed by atoms with Gasteiger partial charge in [0.15, 0.2) is 0 Å². The van der Waals surface area contributed by atoms with Crippen LogP contribution in [-0.4, -0.2) is 53.8 Å². The summed E-state index contributed by atoms with van der Waals surface area (Å²) in [6.45, 7) is 1.58. The van der Waals surface area contributed by atoms with Gasteiger partial charge in [-0.05, 0) is 42.7 Å². The topological polar surface area (TPSA) is 106 Å². The van der Waals surface area contributed by atoms with E-state index in [4.69, 9.17) is 4.74 Å². The number of aromatic nitrogens is 3. The molecule has 1 fully saturated rings. The minimum atomic E-state index is -3.66. The van der Waals surface area contributed by atoms with Crippen LogP contribution >= 0.6 is 0 Å². The van der Waals surface area contributed by atoms with Crippen LogP contribution in [0.15, 0.2) is 65.7 Å². The number of amides is 1. The Hall–Kier alpha value is -3.50. The van der Waals surface area contributed by atoms with E-state index in [1.54, 1.807) is 23.0 Å². The molecule has 10 heteroatoms. The maximum atomic E-state index is 13.2. The number of methoxy groups -OCH3 is 1. The van der Waals surface area contributed by atoms with Crippen molar-refractivity contribution < 1.29 is 17.9 Å². The summed E-state index contributed by atoms with van der Waals surface area (Å²) in [5.41, 5.74) is 1.90. The highest BCUT2D eigenvalue weighted by atomic mass is 32.2. The summed E-state index contributed by atoms with van der Waals surface area (Å²) in [5.74, 6) is -0.0689.